The Kier molecular flexibility index (Phi) is 6.99. The van der Waals surface area contributed by atoms with Crippen LogP contribution < -0.4 is 5.32 Å². The predicted octanol–water partition coefficient (Wildman–Crippen LogP) is 2.20. The molecule has 0 aliphatic heterocycles. The lowest BCUT2D eigenvalue weighted by molar-refractivity contribution is -0.152. The van der Waals surface area contributed by atoms with Gasteiger partial charge in [0.2, 0.25) is 5.91 Å². The van der Waals surface area contributed by atoms with Crippen LogP contribution in [0.1, 0.15) is 52.4 Å². The average Bonchev–Trinajstić information content (AvgIpc) is 3.23. The van der Waals surface area contributed by atoms with Gasteiger partial charge >= 0.3 is 5.97 Å². The number of amides is 1. The van der Waals surface area contributed by atoms with Crippen LogP contribution in [-0.2, 0) is 14.3 Å². The van der Waals surface area contributed by atoms with E-state index in [1.807, 2.05) is 13.8 Å². The maximum atomic E-state index is 11.8. The number of hydrogen-bond donors (Lipinski definition) is 2. The fourth-order valence-electron chi connectivity index (χ4n) is 2.18. The predicted molar refractivity (Wildman–Crippen MR) is 76.4 cm³/mol. The molecule has 0 aromatic carbocycles. The second-order valence-corrected chi connectivity index (χ2v) is 5.69. The summed E-state index contributed by atoms with van der Waals surface area (Å²) in [5.41, 5.74) is -0.924. The number of carboxylic acid groups (broad SMARTS) is 1. The Hall–Kier alpha value is -1.10. The van der Waals surface area contributed by atoms with Crippen LogP contribution >= 0.6 is 0 Å². The normalized spacial score (nSPS) is 15.1. The van der Waals surface area contributed by atoms with Crippen molar-refractivity contribution >= 4 is 11.9 Å². The molecule has 5 heteroatoms. The van der Waals surface area contributed by atoms with E-state index in [2.05, 4.69) is 5.32 Å². The molecule has 0 aromatic heterocycles. The summed E-state index contributed by atoms with van der Waals surface area (Å²) < 4.78 is 5.48. The zero-order chi connectivity index (χ0) is 15.0. The Labute approximate surface area is 121 Å². The van der Waals surface area contributed by atoms with E-state index in [9.17, 15) is 14.7 Å². The first-order valence-electron chi connectivity index (χ1n) is 7.62. The Balaban J connectivity index is 2.15. The molecule has 1 amide bonds. The van der Waals surface area contributed by atoms with Crippen molar-refractivity contribution < 1.29 is 19.4 Å². The summed E-state index contributed by atoms with van der Waals surface area (Å²) in [6.45, 7) is 5.67. The molecule has 0 unspecified atom stereocenters. The smallest absolute Gasteiger partial charge is 0.310 e. The van der Waals surface area contributed by atoms with Crippen LogP contribution in [-0.4, -0.2) is 36.7 Å². The molecule has 2 N–H and O–H groups in total. The van der Waals surface area contributed by atoms with Crippen molar-refractivity contribution in [1.29, 1.82) is 0 Å². The molecule has 116 valence electrons. The molecule has 0 atom stereocenters. The molecule has 20 heavy (non-hydrogen) atoms. The molecule has 0 radical (unpaired) electrons. The molecular weight excluding hydrogens is 258 g/mol. The Morgan fingerprint density at radius 1 is 1.30 bits per heavy atom. The van der Waals surface area contributed by atoms with E-state index in [1.54, 1.807) is 0 Å². The summed E-state index contributed by atoms with van der Waals surface area (Å²) in [5, 5.41) is 12.1. The second kappa shape index (κ2) is 8.25. The molecule has 0 spiro atoms. The first-order valence-corrected chi connectivity index (χ1v) is 7.62. The van der Waals surface area contributed by atoms with Gasteiger partial charge in [-0.25, -0.2) is 0 Å². The second-order valence-electron chi connectivity index (χ2n) is 5.69. The van der Waals surface area contributed by atoms with Crippen LogP contribution in [0.4, 0.5) is 0 Å². The van der Waals surface area contributed by atoms with Crippen LogP contribution in [0.5, 0.6) is 0 Å². The molecule has 1 fully saturated rings. The van der Waals surface area contributed by atoms with Crippen molar-refractivity contribution in [3.63, 3.8) is 0 Å². The minimum Gasteiger partial charge on any atom is -0.481 e. The molecule has 1 aliphatic carbocycles. The van der Waals surface area contributed by atoms with E-state index in [0.717, 1.165) is 18.9 Å². The number of ether oxygens (including phenoxy) is 1. The monoisotopic (exact) mass is 285 g/mol. The third kappa shape index (κ3) is 5.49. The Morgan fingerprint density at radius 2 is 1.95 bits per heavy atom. The van der Waals surface area contributed by atoms with Gasteiger partial charge in [0, 0.05) is 26.2 Å². The maximum absolute atomic E-state index is 11.8. The van der Waals surface area contributed by atoms with E-state index < -0.39 is 11.4 Å². The van der Waals surface area contributed by atoms with Crippen molar-refractivity contribution in [3.8, 4) is 0 Å². The summed E-state index contributed by atoms with van der Waals surface area (Å²) in [6.07, 6.45) is 4.33. The lowest BCUT2D eigenvalue weighted by Crippen LogP contribution is -2.37. The molecule has 0 bridgehead atoms. The molecule has 1 rings (SSSR count). The van der Waals surface area contributed by atoms with E-state index >= 15 is 0 Å². The summed E-state index contributed by atoms with van der Waals surface area (Å²) in [5.74, 6) is -0.307. The lowest BCUT2D eigenvalue weighted by Gasteiger charge is -2.25. The molecule has 1 saturated carbocycles. The first kappa shape index (κ1) is 17.0. The van der Waals surface area contributed by atoms with Crippen LogP contribution in [0.15, 0.2) is 0 Å². The minimum atomic E-state index is -0.924. The van der Waals surface area contributed by atoms with Gasteiger partial charge in [-0.05, 0) is 38.0 Å². The van der Waals surface area contributed by atoms with Crippen molar-refractivity contribution in [2.75, 3.05) is 19.8 Å². The summed E-state index contributed by atoms with van der Waals surface area (Å²) in [7, 11) is 0. The Bertz CT molecular complexity index is 322. The van der Waals surface area contributed by atoms with Crippen LogP contribution in [0.2, 0.25) is 0 Å². The van der Waals surface area contributed by atoms with E-state index in [4.69, 9.17) is 4.74 Å². The number of carbonyl (C=O) groups excluding carboxylic acids is 1. The van der Waals surface area contributed by atoms with Crippen molar-refractivity contribution in [1.82, 2.24) is 5.32 Å². The van der Waals surface area contributed by atoms with Crippen molar-refractivity contribution in [3.05, 3.63) is 0 Å². The van der Waals surface area contributed by atoms with Gasteiger partial charge in [0.25, 0.3) is 0 Å². The summed E-state index contributed by atoms with van der Waals surface area (Å²) in [6, 6.07) is 0. The van der Waals surface area contributed by atoms with Gasteiger partial charge in [0.1, 0.15) is 0 Å². The molecule has 0 saturated heterocycles. The SMILES string of the molecule is CCC(CC)(CC(=O)NCCCOCC1CC1)C(=O)O. The number of rotatable bonds is 11. The summed E-state index contributed by atoms with van der Waals surface area (Å²) >= 11 is 0. The van der Waals surface area contributed by atoms with Gasteiger partial charge in [0.15, 0.2) is 0 Å². The highest BCUT2D eigenvalue weighted by atomic mass is 16.5. The lowest BCUT2D eigenvalue weighted by atomic mass is 9.79. The van der Waals surface area contributed by atoms with E-state index in [-0.39, 0.29) is 12.3 Å². The van der Waals surface area contributed by atoms with Crippen LogP contribution in [0, 0.1) is 11.3 Å². The number of aliphatic carboxylic acids is 1. The fraction of sp³-hybridized carbons (Fsp3) is 0.867. The fourth-order valence-corrected chi connectivity index (χ4v) is 2.18. The van der Waals surface area contributed by atoms with Gasteiger partial charge < -0.3 is 15.2 Å². The Morgan fingerprint density at radius 3 is 2.45 bits per heavy atom. The van der Waals surface area contributed by atoms with Gasteiger partial charge in [-0.1, -0.05) is 13.8 Å². The highest BCUT2D eigenvalue weighted by molar-refractivity contribution is 5.84. The highest BCUT2D eigenvalue weighted by Gasteiger charge is 2.36. The van der Waals surface area contributed by atoms with Gasteiger partial charge in [0.05, 0.1) is 5.41 Å². The number of carbonyl (C=O) groups is 2. The quantitative estimate of drug-likeness (QED) is 0.571. The third-order valence-electron chi connectivity index (χ3n) is 4.14. The average molecular weight is 285 g/mol. The molecule has 5 nitrogen and oxygen atoms in total. The number of hydrogen-bond acceptors (Lipinski definition) is 3. The van der Waals surface area contributed by atoms with Gasteiger partial charge in [-0.3, -0.25) is 9.59 Å². The van der Waals surface area contributed by atoms with E-state index in [1.165, 1.54) is 12.8 Å². The van der Waals surface area contributed by atoms with Crippen molar-refractivity contribution in [2.45, 2.75) is 52.4 Å². The largest absolute Gasteiger partial charge is 0.481 e. The zero-order valence-corrected chi connectivity index (χ0v) is 12.6. The molecule has 0 heterocycles. The highest BCUT2D eigenvalue weighted by Crippen LogP contribution is 2.31. The molecular formula is C15H27NO4. The van der Waals surface area contributed by atoms with Crippen LogP contribution in [0.3, 0.4) is 0 Å². The van der Waals surface area contributed by atoms with Gasteiger partial charge in [-0.2, -0.15) is 0 Å². The van der Waals surface area contributed by atoms with E-state index in [0.29, 0.717) is 26.0 Å². The van der Waals surface area contributed by atoms with Crippen LogP contribution in [0.25, 0.3) is 0 Å². The molecule has 0 aromatic rings. The maximum Gasteiger partial charge on any atom is 0.310 e. The minimum absolute atomic E-state index is 0.0538. The first-order chi connectivity index (χ1) is 9.54. The number of carboxylic acids is 1. The standard InChI is InChI=1S/C15H27NO4/c1-3-15(4-2,14(18)19)10-13(17)16-8-5-9-20-11-12-6-7-12/h12H,3-11H2,1-2H3,(H,16,17)(H,18,19). The molecule has 1 aliphatic rings. The number of nitrogens with one attached hydrogen (secondary N) is 1. The zero-order valence-electron chi connectivity index (χ0n) is 12.6. The summed E-state index contributed by atoms with van der Waals surface area (Å²) in [4.78, 5) is 23.1. The van der Waals surface area contributed by atoms with Crippen molar-refractivity contribution in [2.24, 2.45) is 11.3 Å². The van der Waals surface area contributed by atoms with Gasteiger partial charge in [-0.15, -0.1) is 0 Å². The third-order valence-corrected chi connectivity index (χ3v) is 4.14. The topological polar surface area (TPSA) is 75.6 Å².